The molecule has 0 aliphatic rings. The van der Waals surface area contributed by atoms with Gasteiger partial charge in [-0.2, -0.15) is 0 Å². The number of carbonyl (C=O) groups is 1. The Labute approximate surface area is 93.5 Å². The molecule has 1 aromatic heterocycles. The number of rotatable bonds is 5. The van der Waals surface area contributed by atoms with Crippen molar-refractivity contribution < 1.29 is 14.3 Å². The van der Waals surface area contributed by atoms with Gasteiger partial charge in [0.2, 0.25) is 0 Å². The number of pyridine rings is 1. The number of hydrogen-bond donors (Lipinski definition) is 2. The molecule has 0 radical (unpaired) electrons. The van der Waals surface area contributed by atoms with Crippen LogP contribution >= 0.6 is 0 Å². The molecule has 1 aromatic rings. The first kappa shape index (κ1) is 12.6. The highest BCUT2D eigenvalue weighted by atomic mass is 19.1. The van der Waals surface area contributed by atoms with Gasteiger partial charge in [-0.3, -0.25) is 14.2 Å². The van der Waals surface area contributed by atoms with Crippen molar-refractivity contribution in [3.8, 4) is 0 Å². The van der Waals surface area contributed by atoms with E-state index < -0.39 is 18.1 Å². The lowest BCUT2D eigenvalue weighted by Crippen LogP contribution is -2.49. The van der Waals surface area contributed by atoms with Crippen LogP contribution < -0.4 is 5.32 Å². The molecule has 0 saturated heterocycles. The average Bonchev–Trinajstić information content (AvgIpc) is 2.30. The fourth-order valence-electron chi connectivity index (χ4n) is 1.22. The molecule has 88 valence electrons. The van der Waals surface area contributed by atoms with E-state index in [-0.39, 0.29) is 18.7 Å². The van der Waals surface area contributed by atoms with Gasteiger partial charge in [-0.25, -0.2) is 0 Å². The Kier molecular flexibility index (Phi) is 4.37. The summed E-state index contributed by atoms with van der Waals surface area (Å²) < 4.78 is 12.3. The molecule has 16 heavy (non-hydrogen) atoms. The fourth-order valence-corrected chi connectivity index (χ4v) is 1.22. The third kappa shape index (κ3) is 3.27. The van der Waals surface area contributed by atoms with E-state index in [9.17, 15) is 9.18 Å². The van der Waals surface area contributed by atoms with Gasteiger partial charge in [0.15, 0.2) is 0 Å². The quantitative estimate of drug-likeness (QED) is 0.784. The molecule has 0 unspecified atom stereocenters. The molecule has 0 saturated carbocycles. The highest BCUT2D eigenvalue weighted by molar-refractivity contribution is 5.92. The van der Waals surface area contributed by atoms with Crippen LogP contribution in [-0.4, -0.2) is 34.8 Å². The lowest BCUT2D eigenvalue weighted by Gasteiger charge is -2.27. The van der Waals surface area contributed by atoms with Crippen molar-refractivity contribution in [1.82, 2.24) is 10.3 Å². The molecule has 0 spiro atoms. The van der Waals surface area contributed by atoms with Crippen molar-refractivity contribution in [1.29, 1.82) is 0 Å². The van der Waals surface area contributed by atoms with E-state index in [1.807, 2.05) is 0 Å². The number of aromatic nitrogens is 1. The van der Waals surface area contributed by atoms with Crippen LogP contribution in [0.1, 0.15) is 23.8 Å². The zero-order valence-electron chi connectivity index (χ0n) is 9.11. The number of nitrogens with one attached hydrogen (secondary N) is 1. The Balaban J connectivity index is 2.70. The molecule has 2 N–H and O–H groups in total. The largest absolute Gasteiger partial charge is 0.394 e. The lowest BCUT2D eigenvalue weighted by atomic mass is 9.99. The number of carbonyl (C=O) groups excluding carboxylic acids is 1. The zero-order chi connectivity index (χ0) is 12.0. The first-order valence-electron chi connectivity index (χ1n) is 5.02. The average molecular weight is 226 g/mol. The molecule has 1 atom stereocenters. The highest BCUT2D eigenvalue weighted by Gasteiger charge is 2.26. The number of halogens is 1. The van der Waals surface area contributed by atoms with Gasteiger partial charge < -0.3 is 10.4 Å². The van der Waals surface area contributed by atoms with Crippen LogP contribution in [0.4, 0.5) is 4.39 Å². The van der Waals surface area contributed by atoms with Crippen LogP contribution in [0.15, 0.2) is 24.4 Å². The molecule has 1 heterocycles. The van der Waals surface area contributed by atoms with Crippen LogP contribution in [0.25, 0.3) is 0 Å². The summed E-state index contributed by atoms with van der Waals surface area (Å²) in [4.78, 5) is 15.6. The smallest absolute Gasteiger partial charge is 0.270 e. The lowest BCUT2D eigenvalue weighted by molar-refractivity contribution is 0.0828. The summed E-state index contributed by atoms with van der Waals surface area (Å²) in [5.74, 6) is -0.411. The van der Waals surface area contributed by atoms with Gasteiger partial charge in [0.1, 0.15) is 5.69 Å². The van der Waals surface area contributed by atoms with E-state index in [2.05, 4.69) is 10.3 Å². The standard InChI is InChI=1S/C11H15FN2O2/c1-11(8-15,5-6-12)14-10(16)9-4-2-3-7-13-9/h2-4,7,15H,5-6,8H2,1H3,(H,14,16)/t11-/m0/s1. The van der Waals surface area contributed by atoms with Crippen molar-refractivity contribution in [3.63, 3.8) is 0 Å². The molecule has 5 heteroatoms. The maximum Gasteiger partial charge on any atom is 0.270 e. The molecule has 0 aliphatic carbocycles. The summed E-state index contributed by atoms with van der Waals surface area (Å²) in [7, 11) is 0. The molecular weight excluding hydrogens is 211 g/mol. The van der Waals surface area contributed by atoms with Crippen LogP contribution in [0, 0.1) is 0 Å². The van der Waals surface area contributed by atoms with Crippen molar-refractivity contribution in [2.45, 2.75) is 18.9 Å². The Morgan fingerprint density at radius 3 is 2.88 bits per heavy atom. The van der Waals surface area contributed by atoms with Crippen molar-refractivity contribution in [3.05, 3.63) is 30.1 Å². The molecule has 0 aliphatic heterocycles. The second kappa shape index (κ2) is 5.55. The molecule has 1 amide bonds. The Bertz CT molecular complexity index is 345. The predicted octanol–water partition coefficient (Wildman–Crippen LogP) is 0.922. The van der Waals surface area contributed by atoms with E-state index in [0.717, 1.165) is 0 Å². The molecule has 4 nitrogen and oxygen atoms in total. The number of aliphatic hydroxyl groups is 1. The SMILES string of the molecule is C[C@@](CO)(CCF)NC(=O)c1ccccn1. The Hall–Kier alpha value is -1.49. The summed E-state index contributed by atoms with van der Waals surface area (Å²) in [6, 6.07) is 4.94. The summed E-state index contributed by atoms with van der Waals surface area (Å²) in [6.07, 6.45) is 1.57. The van der Waals surface area contributed by atoms with E-state index in [1.165, 1.54) is 6.20 Å². The minimum Gasteiger partial charge on any atom is -0.394 e. The molecule has 0 fully saturated rings. The third-order valence-corrected chi connectivity index (χ3v) is 2.31. The summed E-state index contributed by atoms with van der Waals surface area (Å²) in [6.45, 7) is 0.683. The molecule has 0 aromatic carbocycles. The zero-order valence-corrected chi connectivity index (χ0v) is 9.11. The van der Waals surface area contributed by atoms with Crippen LogP contribution in [0.3, 0.4) is 0 Å². The number of hydrogen-bond acceptors (Lipinski definition) is 3. The second-order valence-electron chi connectivity index (χ2n) is 3.83. The molecular formula is C11H15FN2O2. The van der Waals surface area contributed by atoms with Gasteiger partial charge in [0.25, 0.3) is 5.91 Å². The fraction of sp³-hybridized carbons (Fsp3) is 0.455. The first-order valence-corrected chi connectivity index (χ1v) is 5.02. The van der Waals surface area contributed by atoms with Gasteiger partial charge >= 0.3 is 0 Å². The van der Waals surface area contributed by atoms with E-state index in [0.29, 0.717) is 0 Å². The maximum atomic E-state index is 12.3. The summed E-state index contributed by atoms with van der Waals surface area (Å²) in [5.41, 5.74) is -0.690. The van der Waals surface area contributed by atoms with Crippen LogP contribution in [-0.2, 0) is 0 Å². The third-order valence-electron chi connectivity index (χ3n) is 2.31. The van der Waals surface area contributed by atoms with E-state index in [1.54, 1.807) is 25.1 Å². The number of amides is 1. The number of alkyl halides is 1. The van der Waals surface area contributed by atoms with Crippen molar-refractivity contribution in [2.24, 2.45) is 0 Å². The first-order chi connectivity index (χ1) is 7.61. The van der Waals surface area contributed by atoms with Gasteiger partial charge in [0.05, 0.1) is 18.8 Å². The van der Waals surface area contributed by atoms with Crippen molar-refractivity contribution in [2.75, 3.05) is 13.3 Å². The minimum absolute atomic E-state index is 0.0715. The summed E-state index contributed by atoms with van der Waals surface area (Å²) in [5, 5.41) is 11.7. The van der Waals surface area contributed by atoms with E-state index in [4.69, 9.17) is 5.11 Å². The topological polar surface area (TPSA) is 62.2 Å². The van der Waals surface area contributed by atoms with Crippen molar-refractivity contribution >= 4 is 5.91 Å². The van der Waals surface area contributed by atoms with Crippen LogP contribution in [0.5, 0.6) is 0 Å². The Morgan fingerprint density at radius 2 is 2.38 bits per heavy atom. The Morgan fingerprint density at radius 1 is 1.62 bits per heavy atom. The minimum atomic E-state index is -0.941. The molecule has 0 bridgehead atoms. The monoisotopic (exact) mass is 226 g/mol. The number of aliphatic hydroxyl groups excluding tert-OH is 1. The second-order valence-corrected chi connectivity index (χ2v) is 3.83. The van der Waals surface area contributed by atoms with Gasteiger partial charge in [-0.05, 0) is 19.1 Å². The summed E-state index contributed by atoms with van der Waals surface area (Å²) >= 11 is 0. The number of nitrogens with zero attached hydrogens (tertiary/aromatic N) is 1. The highest BCUT2D eigenvalue weighted by Crippen LogP contribution is 2.10. The molecule has 1 rings (SSSR count). The van der Waals surface area contributed by atoms with Gasteiger partial charge in [-0.1, -0.05) is 6.07 Å². The maximum absolute atomic E-state index is 12.3. The van der Waals surface area contributed by atoms with Gasteiger partial charge in [-0.15, -0.1) is 0 Å². The van der Waals surface area contributed by atoms with Gasteiger partial charge in [0, 0.05) is 12.6 Å². The predicted molar refractivity (Wildman–Crippen MR) is 57.8 cm³/mol. The van der Waals surface area contributed by atoms with Crippen LogP contribution in [0.2, 0.25) is 0 Å². The normalized spacial score (nSPS) is 14.2. The van der Waals surface area contributed by atoms with E-state index >= 15 is 0 Å².